The highest BCUT2D eigenvalue weighted by molar-refractivity contribution is 5.83. The molecule has 236 valence electrons. The Labute approximate surface area is 254 Å². The normalized spacial score (nSPS) is 20.8. The topological polar surface area (TPSA) is 35.6 Å². The van der Waals surface area contributed by atoms with Gasteiger partial charge in [0.15, 0.2) is 0 Å². The first-order valence-electron chi connectivity index (χ1n) is 15.1. The lowest BCUT2D eigenvalue weighted by Crippen LogP contribution is -2.45. The molecule has 0 aromatic heterocycles. The fourth-order valence-electron chi connectivity index (χ4n) is 6.24. The number of amides is 1. The van der Waals surface area contributed by atoms with Crippen LogP contribution in [0.2, 0.25) is 0 Å². The molecule has 0 spiro atoms. The fraction of sp³-hybridized carbons (Fsp3) is 0.441. The number of halogens is 6. The molecule has 3 aromatic carbocycles. The molecule has 1 heterocycles. The molecule has 1 saturated carbocycles. The molecule has 2 aliphatic rings. The van der Waals surface area contributed by atoms with E-state index in [1.54, 1.807) is 0 Å². The summed E-state index contributed by atoms with van der Waals surface area (Å²) in [5.74, 6) is -1.41. The SMILES string of the molecule is CC(C(=O)NC1CCC(c2ccc(N3CCN(Cc4ccccc4)CC3)cc2)CC1)c1cc(C(F)(F)F)cc(C(F)(F)F)c1. The standard InChI is InChI=1S/C34H37F6N3O/c1-23(27-19-28(33(35,36)37)21-29(20-27)34(38,39)40)32(44)41-30-11-7-25(8-12-30)26-9-13-31(14-10-26)43-17-15-42(16-18-43)22-24-5-3-2-4-6-24/h2-6,9-10,13-14,19-21,23,25,30H,7-8,11-12,15-18,22H2,1H3,(H,41,44). The van der Waals surface area contributed by atoms with Gasteiger partial charge in [-0.25, -0.2) is 0 Å². The zero-order chi connectivity index (χ0) is 31.5. The van der Waals surface area contributed by atoms with E-state index in [0.717, 1.165) is 45.6 Å². The second kappa shape index (κ2) is 13.2. The maximum absolute atomic E-state index is 13.3. The van der Waals surface area contributed by atoms with Gasteiger partial charge in [-0.15, -0.1) is 0 Å². The third kappa shape index (κ3) is 7.94. The molecular formula is C34H37F6N3O. The maximum atomic E-state index is 13.3. The Hall–Kier alpha value is -3.53. The third-order valence-corrected chi connectivity index (χ3v) is 8.93. The molecule has 1 atom stereocenters. The molecule has 0 radical (unpaired) electrons. The molecule has 1 saturated heterocycles. The summed E-state index contributed by atoms with van der Waals surface area (Å²) in [7, 11) is 0. The van der Waals surface area contributed by atoms with Gasteiger partial charge in [-0.3, -0.25) is 9.69 Å². The molecule has 0 bridgehead atoms. The van der Waals surface area contributed by atoms with Gasteiger partial charge in [-0.05, 0) is 85.5 Å². The Morgan fingerprint density at radius 1 is 0.795 bits per heavy atom. The van der Waals surface area contributed by atoms with Crippen molar-refractivity contribution < 1.29 is 31.1 Å². The van der Waals surface area contributed by atoms with Crippen LogP contribution in [0.1, 0.15) is 72.3 Å². The van der Waals surface area contributed by atoms with E-state index < -0.39 is 35.3 Å². The molecule has 1 aliphatic carbocycles. The lowest BCUT2D eigenvalue weighted by Gasteiger charge is -2.36. The van der Waals surface area contributed by atoms with E-state index in [1.807, 2.05) is 6.07 Å². The van der Waals surface area contributed by atoms with Crippen molar-refractivity contribution >= 4 is 11.6 Å². The van der Waals surface area contributed by atoms with Crippen LogP contribution in [-0.4, -0.2) is 43.0 Å². The van der Waals surface area contributed by atoms with Gasteiger partial charge in [0, 0.05) is 44.5 Å². The van der Waals surface area contributed by atoms with Crippen molar-refractivity contribution in [3.63, 3.8) is 0 Å². The predicted octanol–water partition coefficient (Wildman–Crippen LogP) is 7.99. The van der Waals surface area contributed by atoms with Gasteiger partial charge in [0.05, 0.1) is 17.0 Å². The average Bonchev–Trinajstić information content (AvgIpc) is 3.01. The van der Waals surface area contributed by atoms with Gasteiger partial charge in [0.1, 0.15) is 0 Å². The zero-order valence-electron chi connectivity index (χ0n) is 24.6. The number of anilines is 1. The second-order valence-corrected chi connectivity index (χ2v) is 12.0. The predicted molar refractivity (Wildman–Crippen MR) is 158 cm³/mol. The molecule has 1 amide bonds. The maximum Gasteiger partial charge on any atom is 0.416 e. The fourth-order valence-corrected chi connectivity index (χ4v) is 6.24. The molecule has 4 nitrogen and oxygen atoms in total. The molecule has 3 aromatic rings. The quantitative estimate of drug-likeness (QED) is 0.273. The molecule has 1 aliphatic heterocycles. The summed E-state index contributed by atoms with van der Waals surface area (Å²) in [6.07, 6.45) is -6.88. The highest BCUT2D eigenvalue weighted by Gasteiger charge is 2.38. The van der Waals surface area contributed by atoms with Crippen molar-refractivity contribution in [3.05, 3.63) is 101 Å². The molecule has 5 rings (SSSR count). The number of nitrogens with one attached hydrogen (secondary N) is 1. The number of carbonyl (C=O) groups is 1. The first-order chi connectivity index (χ1) is 20.9. The van der Waals surface area contributed by atoms with E-state index in [0.29, 0.717) is 30.9 Å². The number of piperazine rings is 1. The van der Waals surface area contributed by atoms with Crippen LogP contribution in [0.15, 0.2) is 72.8 Å². The minimum absolute atomic E-state index is 0.0785. The lowest BCUT2D eigenvalue weighted by atomic mass is 9.81. The van der Waals surface area contributed by atoms with Crippen molar-refractivity contribution in [1.82, 2.24) is 10.2 Å². The van der Waals surface area contributed by atoms with Crippen molar-refractivity contribution in [2.45, 2.75) is 69.4 Å². The van der Waals surface area contributed by atoms with Crippen LogP contribution in [-0.2, 0) is 23.7 Å². The molecule has 1 N–H and O–H groups in total. The van der Waals surface area contributed by atoms with Crippen molar-refractivity contribution in [2.24, 2.45) is 0 Å². The van der Waals surface area contributed by atoms with Crippen LogP contribution in [0.3, 0.4) is 0 Å². The van der Waals surface area contributed by atoms with Gasteiger partial charge in [-0.2, -0.15) is 26.3 Å². The first kappa shape index (κ1) is 31.9. The Kier molecular flexibility index (Phi) is 9.58. The number of carbonyl (C=O) groups excluding carboxylic acids is 1. The van der Waals surface area contributed by atoms with Crippen LogP contribution in [0.5, 0.6) is 0 Å². The number of hydrogen-bond donors (Lipinski definition) is 1. The Morgan fingerprint density at radius 2 is 1.36 bits per heavy atom. The van der Waals surface area contributed by atoms with Crippen molar-refractivity contribution in [2.75, 3.05) is 31.1 Å². The summed E-state index contributed by atoms with van der Waals surface area (Å²) in [5.41, 5.74) is 0.614. The van der Waals surface area contributed by atoms with Gasteiger partial charge in [0.2, 0.25) is 5.91 Å². The Morgan fingerprint density at radius 3 is 1.91 bits per heavy atom. The van der Waals surface area contributed by atoms with E-state index in [9.17, 15) is 31.1 Å². The molecule has 2 fully saturated rings. The minimum atomic E-state index is -4.96. The summed E-state index contributed by atoms with van der Waals surface area (Å²) < 4.78 is 79.7. The van der Waals surface area contributed by atoms with E-state index >= 15 is 0 Å². The number of hydrogen-bond acceptors (Lipinski definition) is 3. The average molecular weight is 618 g/mol. The first-order valence-corrected chi connectivity index (χ1v) is 15.1. The number of rotatable bonds is 7. The largest absolute Gasteiger partial charge is 0.416 e. The zero-order valence-corrected chi connectivity index (χ0v) is 24.6. The van der Waals surface area contributed by atoms with Gasteiger partial charge in [-0.1, -0.05) is 42.5 Å². The molecule has 44 heavy (non-hydrogen) atoms. The summed E-state index contributed by atoms with van der Waals surface area (Å²) in [4.78, 5) is 17.8. The van der Waals surface area contributed by atoms with Crippen molar-refractivity contribution in [1.29, 1.82) is 0 Å². The van der Waals surface area contributed by atoms with E-state index in [-0.39, 0.29) is 17.7 Å². The summed E-state index contributed by atoms with van der Waals surface area (Å²) in [5, 5.41) is 2.86. The monoisotopic (exact) mass is 617 g/mol. The highest BCUT2D eigenvalue weighted by Crippen LogP contribution is 2.38. The van der Waals surface area contributed by atoms with Gasteiger partial charge in [0.25, 0.3) is 0 Å². The van der Waals surface area contributed by atoms with Crippen LogP contribution in [0.4, 0.5) is 32.0 Å². The van der Waals surface area contributed by atoms with Crippen LogP contribution in [0.25, 0.3) is 0 Å². The summed E-state index contributed by atoms with van der Waals surface area (Å²) in [6.45, 7) is 6.23. The van der Waals surface area contributed by atoms with E-state index in [4.69, 9.17) is 0 Å². The molecular weight excluding hydrogens is 580 g/mol. The second-order valence-electron chi connectivity index (χ2n) is 12.0. The van der Waals surface area contributed by atoms with E-state index in [1.165, 1.54) is 23.7 Å². The third-order valence-electron chi connectivity index (χ3n) is 8.93. The van der Waals surface area contributed by atoms with Crippen molar-refractivity contribution in [3.8, 4) is 0 Å². The van der Waals surface area contributed by atoms with Crippen LogP contribution in [0, 0.1) is 0 Å². The van der Waals surface area contributed by atoms with Crippen LogP contribution >= 0.6 is 0 Å². The number of benzene rings is 3. The number of alkyl halides is 6. The van der Waals surface area contributed by atoms with Gasteiger partial charge < -0.3 is 10.2 Å². The number of nitrogens with zero attached hydrogens (tertiary/aromatic N) is 2. The summed E-state index contributed by atoms with van der Waals surface area (Å²) in [6, 6.07) is 20.3. The lowest BCUT2D eigenvalue weighted by molar-refractivity contribution is -0.143. The Balaban J connectivity index is 1.11. The van der Waals surface area contributed by atoms with Gasteiger partial charge >= 0.3 is 12.4 Å². The van der Waals surface area contributed by atoms with E-state index in [2.05, 4.69) is 63.6 Å². The Bertz CT molecular complexity index is 1360. The summed E-state index contributed by atoms with van der Waals surface area (Å²) >= 11 is 0. The van der Waals surface area contributed by atoms with Crippen LogP contribution < -0.4 is 10.2 Å². The minimum Gasteiger partial charge on any atom is -0.369 e. The molecule has 1 unspecified atom stereocenters. The smallest absolute Gasteiger partial charge is 0.369 e. The highest BCUT2D eigenvalue weighted by atomic mass is 19.4. The molecule has 10 heteroatoms.